The van der Waals surface area contributed by atoms with Crippen LogP contribution in [0.5, 0.6) is 0 Å². The molecule has 0 aliphatic heterocycles. The van der Waals surface area contributed by atoms with E-state index in [1.54, 1.807) is 56.3 Å². The van der Waals surface area contributed by atoms with Crippen LogP contribution in [0.15, 0.2) is 53.4 Å². The maximum absolute atomic E-state index is 13.8. The monoisotopic (exact) mass is 404 g/mol. The van der Waals surface area contributed by atoms with Crippen LogP contribution < -0.4 is 11.1 Å². The molecule has 0 fully saturated rings. The van der Waals surface area contributed by atoms with Crippen molar-refractivity contribution < 1.29 is 23.5 Å². The second-order valence-electron chi connectivity index (χ2n) is 6.30. The van der Waals surface area contributed by atoms with Crippen LogP contribution in [-0.2, 0) is 15.3 Å². The van der Waals surface area contributed by atoms with Gasteiger partial charge in [-0.15, -0.1) is 11.8 Å². The van der Waals surface area contributed by atoms with Gasteiger partial charge in [0.15, 0.2) is 6.10 Å². The minimum atomic E-state index is -1.18. The zero-order valence-electron chi connectivity index (χ0n) is 15.5. The Morgan fingerprint density at radius 2 is 1.75 bits per heavy atom. The molecular weight excluding hydrogens is 383 g/mol. The number of ether oxygens (including phenoxy) is 1. The summed E-state index contributed by atoms with van der Waals surface area (Å²) in [5, 5.41) is 1.92. The standard InChI is InChI=1S/C20H21FN2O4S/c1-12(2)17(18(24)23-20(22)26)27-19(25)14-8-4-6-10-16(14)28-11-13-7-3-5-9-15(13)21/h3-10,12,17H,11H2,1-2H3,(H3,22,23,24,26)/t17-/m1/s1. The van der Waals surface area contributed by atoms with Gasteiger partial charge < -0.3 is 10.5 Å². The average Bonchev–Trinajstić information content (AvgIpc) is 2.64. The topological polar surface area (TPSA) is 98.5 Å². The molecule has 28 heavy (non-hydrogen) atoms. The molecule has 0 radical (unpaired) electrons. The number of primary amides is 1. The Balaban J connectivity index is 2.15. The third-order valence-electron chi connectivity index (χ3n) is 3.79. The second-order valence-corrected chi connectivity index (χ2v) is 7.32. The highest BCUT2D eigenvalue weighted by molar-refractivity contribution is 7.98. The van der Waals surface area contributed by atoms with Gasteiger partial charge in [0.05, 0.1) is 5.56 Å². The molecule has 2 aromatic rings. The van der Waals surface area contributed by atoms with E-state index in [-0.39, 0.29) is 17.3 Å². The van der Waals surface area contributed by atoms with Gasteiger partial charge in [0, 0.05) is 10.6 Å². The molecule has 2 aromatic carbocycles. The summed E-state index contributed by atoms with van der Waals surface area (Å²) in [5.74, 6) is -1.87. The highest BCUT2D eigenvalue weighted by atomic mass is 32.2. The molecule has 6 nitrogen and oxygen atoms in total. The number of imide groups is 1. The molecule has 0 heterocycles. The third-order valence-corrected chi connectivity index (χ3v) is 4.91. The van der Waals surface area contributed by atoms with Crippen LogP contribution in [0.25, 0.3) is 0 Å². The minimum Gasteiger partial charge on any atom is -0.448 e. The third kappa shape index (κ3) is 5.82. The van der Waals surface area contributed by atoms with Crippen LogP contribution in [0, 0.1) is 11.7 Å². The number of hydrogen-bond acceptors (Lipinski definition) is 5. The molecule has 0 unspecified atom stereocenters. The maximum Gasteiger partial charge on any atom is 0.340 e. The summed E-state index contributed by atoms with van der Waals surface area (Å²) in [7, 11) is 0. The van der Waals surface area contributed by atoms with Gasteiger partial charge in [-0.2, -0.15) is 0 Å². The van der Waals surface area contributed by atoms with E-state index in [0.717, 1.165) is 0 Å². The number of hydrogen-bond donors (Lipinski definition) is 2. The highest BCUT2D eigenvalue weighted by Gasteiger charge is 2.28. The molecule has 1 atom stereocenters. The van der Waals surface area contributed by atoms with Gasteiger partial charge in [-0.25, -0.2) is 14.0 Å². The number of esters is 1. The average molecular weight is 404 g/mol. The predicted molar refractivity (Wildman–Crippen MR) is 104 cm³/mol. The van der Waals surface area contributed by atoms with E-state index >= 15 is 0 Å². The molecule has 0 aliphatic carbocycles. The van der Waals surface area contributed by atoms with Crippen molar-refractivity contribution in [3.05, 3.63) is 65.5 Å². The first-order valence-electron chi connectivity index (χ1n) is 8.56. The fourth-order valence-corrected chi connectivity index (χ4v) is 3.42. The fourth-order valence-electron chi connectivity index (χ4n) is 2.40. The highest BCUT2D eigenvalue weighted by Crippen LogP contribution is 2.28. The summed E-state index contributed by atoms with van der Waals surface area (Å²) in [5.41, 5.74) is 5.72. The second kappa shape index (κ2) is 9.89. The zero-order chi connectivity index (χ0) is 20.7. The first kappa shape index (κ1) is 21.4. The normalized spacial score (nSPS) is 11.7. The lowest BCUT2D eigenvalue weighted by atomic mass is 10.1. The van der Waals surface area contributed by atoms with Gasteiger partial charge in [-0.1, -0.05) is 44.2 Å². The number of thioether (sulfide) groups is 1. The number of carbonyl (C=O) groups excluding carboxylic acids is 3. The SMILES string of the molecule is CC(C)[C@@H](OC(=O)c1ccccc1SCc1ccccc1F)C(=O)NC(N)=O. The predicted octanol–water partition coefficient (Wildman–Crippen LogP) is 3.49. The number of amides is 3. The van der Waals surface area contributed by atoms with E-state index in [2.05, 4.69) is 0 Å². The summed E-state index contributed by atoms with van der Waals surface area (Å²) >= 11 is 1.28. The molecule has 3 amide bonds. The van der Waals surface area contributed by atoms with Crippen LogP contribution in [0.1, 0.15) is 29.8 Å². The Morgan fingerprint density at radius 3 is 2.39 bits per heavy atom. The van der Waals surface area contributed by atoms with Crippen LogP contribution in [0.2, 0.25) is 0 Å². The fraction of sp³-hybridized carbons (Fsp3) is 0.250. The van der Waals surface area contributed by atoms with Crippen molar-refractivity contribution in [3.63, 3.8) is 0 Å². The van der Waals surface area contributed by atoms with E-state index in [9.17, 15) is 18.8 Å². The number of benzene rings is 2. The molecule has 0 saturated carbocycles. The van der Waals surface area contributed by atoms with Crippen LogP contribution >= 0.6 is 11.8 Å². The number of halogens is 1. The van der Waals surface area contributed by atoms with Crippen molar-refractivity contribution in [1.82, 2.24) is 5.32 Å². The van der Waals surface area contributed by atoms with Crippen LogP contribution in [0.4, 0.5) is 9.18 Å². The number of nitrogens with one attached hydrogen (secondary N) is 1. The van der Waals surface area contributed by atoms with E-state index in [1.165, 1.54) is 17.8 Å². The summed E-state index contributed by atoms with van der Waals surface area (Å²) in [6.07, 6.45) is -1.18. The molecule has 0 aliphatic rings. The van der Waals surface area contributed by atoms with Gasteiger partial charge >= 0.3 is 12.0 Å². The van der Waals surface area contributed by atoms with Gasteiger partial charge in [0.25, 0.3) is 5.91 Å². The van der Waals surface area contributed by atoms with Crippen molar-refractivity contribution in [2.24, 2.45) is 11.7 Å². The van der Waals surface area contributed by atoms with Crippen molar-refractivity contribution in [2.45, 2.75) is 30.6 Å². The van der Waals surface area contributed by atoms with E-state index < -0.39 is 24.0 Å². The summed E-state index contributed by atoms with van der Waals surface area (Å²) in [6, 6.07) is 12.1. The van der Waals surface area contributed by atoms with E-state index in [0.29, 0.717) is 16.2 Å². The number of urea groups is 1. The van der Waals surface area contributed by atoms with Crippen molar-refractivity contribution in [2.75, 3.05) is 0 Å². The van der Waals surface area contributed by atoms with E-state index in [1.807, 2.05) is 5.32 Å². The molecule has 8 heteroatoms. The van der Waals surface area contributed by atoms with Crippen LogP contribution in [0.3, 0.4) is 0 Å². The van der Waals surface area contributed by atoms with E-state index in [4.69, 9.17) is 10.5 Å². The smallest absolute Gasteiger partial charge is 0.340 e. The number of rotatable bonds is 7. The molecule has 0 aromatic heterocycles. The Morgan fingerprint density at radius 1 is 1.11 bits per heavy atom. The van der Waals surface area contributed by atoms with Crippen molar-refractivity contribution >= 4 is 29.7 Å². The quantitative estimate of drug-likeness (QED) is 0.544. The van der Waals surface area contributed by atoms with Crippen molar-refractivity contribution in [3.8, 4) is 0 Å². The summed E-state index contributed by atoms with van der Waals surface area (Å²) in [4.78, 5) is 36.2. The Bertz CT molecular complexity index is 873. The van der Waals surface area contributed by atoms with Gasteiger partial charge in [-0.3, -0.25) is 10.1 Å². The molecule has 3 N–H and O–H groups in total. The minimum absolute atomic E-state index is 0.251. The Labute approximate surface area is 166 Å². The van der Waals surface area contributed by atoms with Gasteiger partial charge in [0.1, 0.15) is 5.82 Å². The summed E-state index contributed by atoms with van der Waals surface area (Å²) in [6.45, 7) is 3.36. The first-order valence-corrected chi connectivity index (χ1v) is 9.54. The van der Waals surface area contributed by atoms with Gasteiger partial charge in [-0.05, 0) is 29.7 Å². The van der Waals surface area contributed by atoms with Crippen LogP contribution in [-0.4, -0.2) is 24.0 Å². The molecule has 148 valence electrons. The summed E-state index contributed by atoms with van der Waals surface area (Å²) < 4.78 is 19.1. The molecule has 0 bridgehead atoms. The lowest BCUT2D eigenvalue weighted by molar-refractivity contribution is -0.130. The largest absolute Gasteiger partial charge is 0.448 e. The van der Waals surface area contributed by atoms with Crippen molar-refractivity contribution in [1.29, 1.82) is 0 Å². The molecule has 0 saturated heterocycles. The lowest BCUT2D eigenvalue weighted by Crippen LogP contribution is -2.45. The zero-order valence-corrected chi connectivity index (χ0v) is 16.3. The number of nitrogens with two attached hydrogens (primary N) is 1. The molecule has 0 spiro atoms. The Hall–Kier alpha value is -2.87. The lowest BCUT2D eigenvalue weighted by Gasteiger charge is -2.20. The van der Waals surface area contributed by atoms with Gasteiger partial charge in [0.2, 0.25) is 0 Å². The molecule has 2 rings (SSSR count). The Kier molecular flexibility index (Phi) is 7.57. The number of carbonyl (C=O) groups is 3. The molecular formula is C20H21FN2O4S. The maximum atomic E-state index is 13.8. The first-order chi connectivity index (χ1) is 13.3.